The van der Waals surface area contributed by atoms with E-state index < -0.39 is 20.5 Å². The van der Waals surface area contributed by atoms with Crippen molar-refractivity contribution in [3.63, 3.8) is 0 Å². The Labute approximate surface area is 117 Å². The highest BCUT2D eigenvalue weighted by Gasteiger charge is 2.35. The average molecular weight is 301 g/mol. The number of carbonyl (C=O) groups excluding carboxylic acids is 1. The van der Waals surface area contributed by atoms with Gasteiger partial charge in [0.05, 0.1) is 5.41 Å². The Hall–Kier alpha value is -1.47. The van der Waals surface area contributed by atoms with Crippen LogP contribution in [0.3, 0.4) is 0 Å². The lowest BCUT2D eigenvalue weighted by atomic mass is 9.81. The van der Waals surface area contributed by atoms with Crippen molar-refractivity contribution in [2.24, 2.45) is 5.41 Å². The summed E-state index contributed by atoms with van der Waals surface area (Å²) in [6.45, 7) is 2.87. The summed E-state index contributed by atoms with van der Waals surface area (Å²) in [6, 6.07) is 5.15. The Morgan fingerprint density at radius 2 is 2.00 bits per heavy atom. The lowest BCUT2D eigenvalue weighted by Gasteiger charge is -2.31. The minimum Gasteiger partial charge on any atom is -0.381 e. The Morgan fingerprint density at radius 3 is 2.60 bits per heavy atom. The zero-order valence-corrected chi connectivity index (χ0v) is 11.9. The van der Waals surface area contributed by atoms with Crippen molar-refractivity contribution in [3.8, 4) is 0 Å². The molecule has 1 heterocycles. The predicted octanol–water partition coefficient (Wildman–Crippen LogP) is 2.10. The Balaban J connectivity index is 2.16. The number of hydrogen-bond donors (Lipinski definition) is 1. The van der Waals surface area contributed by atoms with Gasteiger partial charge in [0, 0.05) is 18.9 Å². The molecule has 1 aliphatic heterocycles. The van der Waals surface area contributed by atoms with Crippen LogP contribution in [0.15, 0.2) is 29.2 Å². The number of amides is 1. The summed E-state index contributed by atoms with van der Waals surface area (Å²) < 4.78 is 39.8. The number of anilines is 1. The normalized spacial score (nSPS) is 18.5. The van der Waals surface area contributed by atoms with Crippen LogP contribution in [0.2, 0.25) is 0 Å². The van der Waals surface area contributed by atoms with Gasteiger partial charge in [0.1, 0.15) is 4.90 Å². The Kier molecular flexibility index (Phi) is 4.10. The zero-order valence-electron chi connectivity index (χ0n) is 11.1. The number of ether oxygens (including phenoxy) is 1. The molecule has 0 radical (unpaired) electrons. The number of carbonyl (C=O) groups is 1. The zero-order chi connectivity index (χ0) is 14.8. The molecule has 20 heavy (non-hydrogen) atoms. The van der Waals surface area contributed by atoms with Gasteiger partial charge >= 0.3 is 10.2 Å². The average Bonchev–Trinajstić information content (AvgIpc) is 2.39. The molecule has 0 bridgehead atoms. The first-order chi connectivity index (χ1) is 9.31. The van der Waals surface area contributed by atoms with Crippen LogP contribution in [0.25, 0.3) is 0 Å². The van der Waals surface area contributed by atoms with Gasteiger partial charge in [-0.1, -0.05) is 13.0 Å². The van der Waals surface area contributed by atoms with E-state index >= 15 is 0 Å². The highest BCUT2D eigenvalue weighted by atomic mass is 32.3. The van der Waals surface area contributed by atoms with E-state index in [0.717, 1.165) is 12.1 Å². The van der Waals surface area contributed by atoms with Crippen molar-refractivity contribution in [1.82, 2.24) is 0 Å². The Morgan fingerprint density at radius 1 is 1.35 bits per heavy atom. The van der Waals surface area contributed by atoms with E-state index in [4.69, 9.17) is 4.74 Å². The van der Waals surface area contributed by atoms with Crippen molar-refractivity contribution in [3.05, 3.63) is 24.3 Å². The van der Waals surface area contributed by atoms with E-state index in [1.54, 1.807) is 0 Å². The maximum atomic E-state index is 12.9. The molecule has 0 spiro atoms. The monoisotopic (exact) mass is 301 g/mol. The van der Waals surface area contributed by atoms with Gasteiger partial charge < -0.3 is 10.1 Å². The molecule has 1 saturated heterocycles. The summed E-state index contributed by atoms with van der Waals surface area (Å²) in [5.74, 6) is -0.214. The van der Waals surface area contributed by atoms with Gasteiger partial charge in [-0.25, -0.2) is 0 Å². The van der Waals surface area contributed by atoms with Gasteiger partial charge in [0.25, 0.3) is 0 Å². The molecule has 1 aromatic rings. The molecule has 0 unspecified atom stereocenters. The topological polar surface area (TPSA) is 72.5 Å². The van der Waals surface area contributed by atoms with Crippen molar-refractivity contribution < 1.29 is 21.8 Å². The summed E-state index contributed by atoms with van der Waals surface area (Å²) in [6.07, 6.45) is 1.19. The SMILES string of the molecule is CC1(C(=O)Nc2cccc(S(=O)(=O)F)c2)CCOCC1. The van der Waals surface area contributed by atoms with Crippen LogP contribution in [-0.4, -0.2) is 27.5 Å². The number of benzene rings is 1. The highest BCUT2D eigenvalue weighted by Crippen LogP contribution is 2.31. The second-order valence-corrected chi connectivity index (χ2v) is 6.44. The standard InChI is InChI=1S/C13H16FNO4S/c1-13(5-7-19-8-6-13)12(16)15-10-3-2-4-11(9-10)20(14,17)18/h2-4,9H,5-8H2,1H3,(H,15,16). The highest BCUT2D eigenvalue weighted by molar-refractivity contribution is 7.86. The molecule has 5 nitrogen and oxygen atoms in total. The molecule has 1 amide bonds. The van der Waals surface area contributed by atoms with Crippen LogP contribution in [0.4, 0.5) is 9.57 Å². The molecule has 1 aromatic carbocycles. The van der Waals surface area contributed by atoms with Gasteiger partial charge in [0.2, 0.25) is 5.91 Å². The van der Waals surface area contributed by atoms with E-state index in [2.05, 4.69) is 5.32 Å². The summed E-state index contributed by atoms with van der Waals surface area (Å²) >= 11 is 0. The third-order valence-electron chi connectivity index (χ3n) is 3.52. The van der Waals surface area contributed by atoms with Gasteiger partial charge in [-0.3, -0.25) is 4.79 Å². The summed E-state index contributed by atoms with van der Waals surface area (Å²) in [7, 11) is -4.77. The Bertz CT molecular complexity index is 609. The fraction of sp³-hybridized carbons (Fsp3) is 0.462. The molecule has 2 rings (SSSR count). The number of rotatable bonds is 3. The van der Waals surface area contributed by atoms with E-state index in [0.29, 0.717) is 26.1 Å². The second-order valence-electron chi connectivity index (χ2n) is 5.09. The van der Waals surface area contributed by atoms with Crippen LogP contribution >= 0.6 is 0 Å². The number of nitrogens with one attached hydrogen (secondary N) is 1. The van der Waals surface area contributed by atoms with Gasteiger partial charge in [-0.15, -0.1) is 3.89 Å². The predicted molar refractivity (Wildman–Crippen MR) is 71.5 cm³/mol. The first-order valence-electron chi connectivity index (χ1n) is 6.25. The summed E-state index contributed by atoms with van der Waals surface area (Å²) in [4.78, 5) is 11.8. The van der Waals surface area contributed by atoms with Gasteiger partial charge in [-0.05, 0) is 31.0 Å². The molecule has 0 saturated carbocycles. The molecule has 7 heteroatoms. The lowest BCUT2D eigenvalue weighted by molar-refractivity contribution is -0.129. The van der Waals surface area contributed by atoms with Crippen LogP contribution in [-0.2, 0) is 19.8 Å². The third-order valence-corrected chi connectivity index (χ3v) is 4.33. The minimum atomic E-state index is -4.77. The van der Waals surface area contributed by atoms with E-state index in [1.807, 2.05) is 6.92 Å². The first-order valence-corrected chi connectivity index (χ1v) is 7.64. The fourth-order valence-corrected chi connectivity index (χ4v) is 2.57. The van der Waals surface area contributed by atoms with E-state index in [-0.39, 0.29) is 11.6 Å². The fourth-order valence-electron chi connectivity index (χ4n) is 2.06. The molecule has 110 valence electrons. The molecule has 0 aliphatic carbocycles. The van der Waals surface area contributed by atoms with Crippen molar-refractivity contribution in [1.29, 1.82) is 0 Å². The quantitative estimate of drug-likeness (QED) is 0.868. The van der Waals surface area contributed by atoms with E-state index in [1.165, 1.54) is 12.1 Å². The van der Waals surface area contributed by atoms with Gasteiger partial charge in [-0.2, -0.15) is 8.42 Å². The molecule has 1 aliphatic rings. The van der Waals surface area contributed by atoms with Crippen molar-refractivity contribution in [2.45, 2.75) is 24.7 Å². The molecule has 0 aromatic heterocycles. The molecule has 1 fully saturated rings. The first kappa shape index (κ1) is 14.9. The third kappa shape index (κ3) is 3.34. The molecular weight excluding hydrogens is 285 g/mol. The van der Waals surface area contributed by atoms with Crippen LogP contribution in [0.5, 0.6) is 0 Å². The maximum Gasteiger partial charge on any atom is 0.332 e. The minimum absolute atomic E-state index is 0.214. The number of halogens is 1. The molecule has 0 atom stereocenters. The number of hydrogen-bond acceptors (Lipinski definition) is 4. The maximum absolute atomic E-state index is 12.9. The summed E-state index contributed by atoms with van der Waals surface area (Å²) in [5.41, 5.74) is -0.288. The summed E-state index contributed by atoms with van der Waals surface area (Å²) in [5, 5.41) is 2.64. The molecule has 1 N–H and O–H groups in total. The van der Waals surface area contributed by atoms with Crippen LogP contribution < -0.4 is 5.32 Å². The van der Waals surface area contributed by atoms with Crippen molar-refractivity contribution in [2.75, 3.05) is 18.5 Å². The smallest absolute Gasteiger partial charge is 0.332 e. The van der Waals surface area contributed by atoms with Crippen LogP contribution in [0, 0.1) is 5.41 Å². The largest absolute Gasteiger partial charge is 0.381 e. The van der Waals surface area contributed by atoms with E-state index in [9.17, 15) is 17.1 Å². The second kappa shape index (κ2) is 5.49. The molecular formula is C13H16FNO4S. The van der Waals surface area contributed by atoms with Crippen LogP contribution in [0.1, 0.15) is 19.8 Å². The van der Waals surface area contributed by atoms with Gasteiger partial charge in [0.15, 0.2) is 0 Å². The lowest BCUT2D eigenvalue weighted by Crippen LogP contribution is -2.38. The van der Waals surface area contributed by atoms with Crippen molar-refractivity contribution >= 4 is 21.8 Å².